The summed E-state index contributed by atoms with van der Waals surface area (Å²) in [6.07, 6.45) is 1.66. The first-order valence-corrected chi connectivity index (χ1v) is 27.4. The zero-order valence-corrected chi connectivity index (χ0v) is 46.5. The van der Waals surface area contributed by atoms with Gasteiger partial charge in [-0.05, 0) is 78.6 Å². The molecule has 0 saturated carbocycles. The third kappa shape index (κ3) is 26.8. The zero-order chi connectivity index (χ0) is 56.4. The summed E-state index contributed by atoms with van der Waals surface area (Å²) in [6, 6.07) is 34.4. The van der Waals surface area contributed by atoms with Crippen molar-refractivity contribution in [2.45, 2.75) is 70.7 Å². The van der Waals surface area contributed by atoms with Crippen LogP contribution in [0.1, 0.15) is 67.3 Å². The number of azide groups is 1. The van der Waals surface area contributed by atoms with E-state index in [1.165, 1.54) is 0 Å². The topological polar surface area (TPSA) is 251 Å². The molecule has 20 nitrogen and oxygen atoms in total. The van der Waals surface area contributed by atoms with Crippen molar-refractivity contribution in [1.82, 2.24) is 16.0 Å². The van der Waals surface area contributed by atoms with Gasteiger partial charge in [-0.3, -0.25) is 19.7 Å². The van der Waals surface area contributed by atoms with Crippen LogP contribution in [0.3, 0.4) is 0 Å². The highest BCUT2D eigenvalue weighted by molar-refractivity contribution is 5.98. The SMILES string of the molecule is Cc1ccc(C(NCCCC[C@H](NC(=O)[C@@H](NC(=O)CCOCCOCCOCCOCCOCCOCCOCCOCCOCCN=[N+]=[N-])C(C)C)C(=O)Nc2ccc(CO)cc2)(c2ccccc2)c2ccccc2)cc1. The molecule has 4 rings (SSSR count). The van der Waals surface area contributed by atoms with Gasteiger partial charge in [0, 0.05) is 23.6 Å². The molecule has 0 heterocycles. The number of aliphatic hydroxyl groups excluding tert-OH is 1. The van der Waals surface area contributed by atoms with Crippen molar-refractivity contribution in [1.29, 1.82) is 0 Å². The highest BCUT2D eigenvalue weighted by Crippen LogP contribution is 2.37. The molecule has 4 aromatic rings. The van der Waals surface area contributed by atoms with Gasteiger partial charge in [0.15, 0.2) is 0 Å². The molecule has 4 aromatic carbocycles. The van der Waals surface area contributed by atoms with E-state index in [1.807, 2.05) is 50.2 Å². The Labute approximate surface area is 466 Å². The first kappa shape index (κ1) is 65.7. The van der Waals surface area contributed by atoms with Crippen LogP contribution in [0.5, 0.6) is 0 Å². The predicted molar refractivity (Wildman–Crippen MR) is 301 cm³/mol. The summed E-state index contributed by atoms with van der Waals surface area (Å²) < 4.78 is 49.4. The average Bonchev–Trinajstić information content (AvgIpc) is 3.47. The minimum absolute atomic E-state index is 0.0324. The van der Waals surface area contributed by atoms with Gasteiger partial charge in [-0.1, -0.05) is 122 Å². The quantitative estimate of drug-likeness (QED) is 0.0102. The van der Waals surface area contributed by atoms with Gasteiger partial charge in [0.2, 0.25) is 17.7 Å². The Morgan fingerprint density at radius 2 is 1.00 bits per heavy atom. The summed E-state index contributed by atoms with van der Waals surface area (Å²) in [7, 11) is 0. The van der Waals surface area contributed by atoms with E-state index in [1.54, 1.807) is 24.3 Å². The lowest BCUT2D eigenvalue weighted by atomic mass is 9.76. The van der Waals surface area contributed by atoms with Crippen LogP contribution in [0.15, 0.2) is 114 Å². The van der Waals surface area contributed by atoms with Crippen molar-refractivity contribution >= 4 is 23.4 Å². The van der Waals surface area contributed by atoms with Crippen molar-refractivity contribution < 1.29 is 62.1 Å². The molecule has 0 unspecified atom stereocenters. The second-order valence-electron chi connectivity index (χ2n) is 18.7. The Morgan fingerprint density at radius 3 is 1.44 bits per heavy atom. The normalized spacial score (nSPS) is 12.2. The van der Waals surface area contributed by atoms with Gasteiger partial charge in [0.1, 0.15) is 12.1 Å². The number of rotatable bonds is 46. The van der Waals surface area contributed by atoms with Crippen LogP contribution in [0.25, 0.3) is 10.4 Å². The van der Waals surface area contributed by atoms with Gasteiger partial charge in [-0.15, -0.1) is 0 Å². The Hall–Kier alpha value is -5.84. The third-order valence-corrected chi connectivity index (χ3v) is 12.4. The highest BCUT2D eigenvalue weighted by atomic mass is 16.6. The number of hydrogen-bond donors (Lipinski definition) is 5. The molecule has 0 aliphatic carbocycles. The number of ether oxygens (including phenoxy) is 9. The summed E-state index contributed by atoms with van der Waals surface area (Å²) in [6.45, 7) is 13.8. The number of nitrogens with one attached hydrogen (secondary N) is 4. The second-order valence-corrected chi connectivity index (χ2v) is 18.7. The Bertz CT molecular complexity index is 2240. The fourth-order valence-electron chi connectivity index (χ4n) is 8.15. The van der Waals surface area contributed by atoms with Crippen molar-refractivity contribution in [3.8, 4) is 0 Å². The summed E-state index contributed by atoms with van der Waals surface area (Å²) in [5.74, 6) is -1.48. The molecule has 0 aliphatic heterocycles. The largest absolute Gasteiger partial charge is 0.392 e. The lowest BCUT2D eigenvalue weighted by Gasteiger charge is -2.37. The van der Waals surface area contributed by atoms with E-state index >= 15 is 0 Å². The average molecular weight is 1100 g/mol. The molecule has 0 fully saturated rings. The van der Waals surface area contributed by atoms with Crippen LogP contribution >= 0.6 is 0 Å². The van der Waals surface area contributed by atoms with Crippen LogP contribution in [0.4, 0.5) is 5.69 Å². The fourth-order valence-corrected chi connectivity index (χ4v) is 8.15. The molecule has 2 atom stereocenters. The molecule has 0 spiro atoms. The molecule has 0 aliphatic rings. The van der Waals surface area contributed by atoms with E-state index in [0.29, 0.717) is 149 Å². The molecule has 0 radical (unpaired) electrons. The van der Waals surface area contributed by atoms with Gasteiger partial charge in [0.05, 0.1) is 131 Å². The highest BCUT2D eigenvalue weighted by Gasteiger charge is 2.36. The van der Waals surface area contributed by atoms with E-state index < -0.39 is 23.5 Å². The van der Waals surface area contributed by atoms with Crippen molar-refractivity contribution in [2.75, 3.05) is 137 Å². The predicted octanol–water partition coefficient (Wildman–Crippen LogP) is 6.65. The molecule has 79 heavy (non-hydrogen) atoms. The maximum Gasteiger partial charge on any atom is 0.246 e. The maximum atomic E-state index is 14.0. The number of hydrogen-bond acceptors (Lipinski definition) is 15. The lowest BCUT2D eigenvalue weighted by Crippen LogP contribution is -2.54. The van der Waals surface area contributed by atoms with Gasteiger partial charge in [-0.25, -0.2) is 0 Å². The molecule has 0 bridgehead atoms. The van der Waals surface area contributed by atoms with E-state index in [4.69, 9.17) is 48.2 Å². The van der Waals surface area contributed by atoms with Crippen LogP contribution in [-0.4, -0.2) is 167 Å². The van der Waals surface area contributed by atoms with E-state index in [-0.39, 0.29) is 44.0 Å². The smallest absolute Gasteiger partial charge is 0.246 e. The Balaban J connectivity index is 1.09. The van der Waals surface area contributed by atoms with E-state index in [2.05, 4.69) is 86.7 Å². The molecular weight excluding hydrogens is 1010 g/mol. The second kappa shape index (κ2) is 41.2. The number of aryl methyl sites for hydroxylation is 1. The van der Waals surface area contributed by atoms with Crippen molar-refractivity contribution in [2.24, 2.45) is 11.0 Å². The Morgan fingerprint density at radius 1 is 0.557 bits per heavy atom. The van der Waals surface area contributed by atoms with Crippen LogP contribution in [0, 0.1) is 12.8 Å². The van der Waals surface area contributed by atoms with Gasteiger partial charge < -0.3 is 63.7 Å². The standard InChI is InChI=1S/C59H85N7O13/c1-47(2)56(65-55(68)25-28-71-30-32-73-34-36-75-38-40-77-42-44-79-45-43-78-41-39-76-37-35-74-33-31-72-29-27-62-66-60)58(70)64-54(57(69)63-53-23-19-49(46-67)20-24-53)16-10-11-26-61-59(50-12-6-4-7-13-50,51-14-8-5-9-15-51)52-21-17-48(3)18-22-52/h4-9,12-15,17-24,47,54,56,61,67H,10-11,16,25-46H2,1-3H3,(H,63,69)(H,64,70)(H,65,68)/t54-,56-/m0/s1. The number of aliphatic hydroxyl groups is 1. The first-order valence-electron chi connectivity index (χ1n) is 27.4. The summed E-state index contributed by atoms with van der Waals surface area (Å²) in [5, 5.41) is 25.6. The summed E-state index contributed by atoms with van der Waals surface area (Å²) >= 11 is 0. The van der Waals surface area contributed by atoms with E-state index in [9.17, 15) is 19.5 Å². The molecule has 434 valence electrons. The molecule has 0 saturated heterocycles. The number of carbonyl (C=O) groups excluding carboxylic acids is 3. The molecule has 20 heteroatoms. The number of carbonyl (C=O) groups is 3. The van der Waals surface area contributed by atoms with Gasteiger partial charge in [-0.2, -0.15) is 0 Å². The molecule has 3 amide bonds. The van der Waals surface area contributed by atoms with Crippen LogP contribution in [-0.2, 0) is 69.2 Å². The maximum absolute atomic E-state index is 14.0. The van der Waals surface area contributed by atoms with Crippen molar-refractivity contribution in [3.63, 3.8) is 0 Å². The minimum atomic E-state index is -0.905. The minimum Gasteiger partial charge on any atom is -0.392 e. The summed E-state index contributed by atoms with van der Waals surface area (Å²) in [5.41, 5.74) is 13.2. The lowest BCUT2D eigenvalue weighted by molar-refractivity contribution is -0.132. The first-order chi connectivity index (χ1) is 38.7. The van der Waals surface area contributed by atoms with E-state index in [0.717, 1.165) is 22.3 Å². The molecular formula is C59H85N7O13. The number of unbranched alkanes of at least 4 members (excludes halogenated alkanes) is 1. The monoisotopic (exact) mass is 1100 g/mol. The summed E-state index contributed by atoms with van der Waals surface area (Å²) in [4.78, 5) is 43.7. The third-order valence-electron chi connectivity index (χ3n) is 12.4. The zero-order valence-electron chi connectivity index (χ0n) is 46.5. The molecule has 0 aromatic heterocycles. The molecule has 5 N–H and O–H groups in total. The van der Waals surface area contributed by atoms with Crippen LogP contribution < -0.4 is 21.3 Å². The fraction of sp³-hybridized carbons (Fsp3) is 0.542. The number of anilines is 1. The number of nitrogens with zero attached hydrogens (tertiary/aromatic N) is 3. The van der Waals surface area contributed by atoms with Gasteiger partial charge in [0.25, 0.3) is 0 Å². The number of benzene rings is 4. The van der Waals surface area contributed by atoms with Crippen LogP contribution in [0.2, 0.25) is 0 Å². The number of amides is 3. The van der Waals surface area contributed by atoms with Crippen molar-refractivity contribution in [3.05, 3.63) is 147 Å². The van der Waals surface area contributed by atoms with Gasteiger partial charge >= 0.3 is 0 Å². The Kier molecular flexibility index (Phi) is 34.3.